The van der Waals surface area contributed by atoms with Crippen LogP contribution in [0.2, 0.25) is 0 Å². The van der Waals surface area contributed by atoms with Gasteiger partial charge < -0.3 is 14.8 Å². The molecule has 118 valence electrons. The lowest BCUT2D eigenvalue weighted by Gasteiger charge is -2.20. The highest BCUT2D eigenvalue weighted by Crippen LogP contribution is 2.27. The van der Waals surface area contributed by atoms with Crippen molar-refractivity contribution in [2.75, 3.05) is 32.9 Å². The van der Waals surface area contributed by atoms with Crippen molar-refractivity contribution in [2.45, 2.75) is 33.1 Å². The van der Waals surface area contributed by atoms with Gasteiger partial charge in [0.05, 0.1) is 13.2 Å². The maximum Gasteiger partial charge on any atom is 0.122 e. The molecule has 0 aliphatic heterocycles. The topological polar surface area (TPSA) is 30.5 Å². The molecule has 3 nitrogen and oxygen atoms in total. The Hall–Kier alpha value is -1.32. The fraction of sp³-hybridized carbons (Fsp3) is 0.556. The summed E-state index contributed by atoms with van der Waals surface area (Å²) >= 11 is 0. The van der Waals surface area contributed by atoms with Crippen LogP contribution in [0.1, 0.15) is 31.9 Å². The number of hydrogen-bond donors (Lipinski definition) is 1. The second-order valence-corrected chi connectivity index (χ2v) is 6.18. The summed E-state index contributed by atoms with van der Waals surface area (Å²) in [6, 6.07) is 6.40. The molecule has 1 aromatic carbocycles. The van der Waals surface area contributed by atoms with Crippen LogP contribution in [0.3, 0.4) is 0 Å². The van der Waals surface area contributed by atoms with E-state index in [2.05, 4.69) is 57.8 Å². The minimum atomic E-state index is 0.171. The molecular formula is C18H29NO2. The lowest BCUT2D eigenvalue weighted by Crippen LogP contribution is -2.20. The summed E-state index contributed by atoms with van der Waals surface area (Å²) in [6.07, 6.45) is 1.84. The van der Waals surface area contributed by atoms with E-state index in [9.17, 15) is 0 Å². The van der Waals surface area contributed by atoms with Gasteiger partial charge in [-0.25, -0.2) is 0 Å². The molecule has 0 saturated carbocycles. The third kappa shape index (κ3) is 6.78. The average Bonchev–Trinajstić information content (AvgIpc) is 2.42. The first-order chi connectivity index (χ1) is 9.95. The van der Waals surface area contributed by atoms with Crippen molar-refractivity contribution in [3.8, 4) is 5.75 Å². The predicted octanol–water partition coefficient (Wildman–Crippen LogP) is 3.46. The fourth-order valence-electron chi connectivity index (χ4n) is 1.94. The molecule has 3 heteroatoms. The monoisotopic (exact) mass is 291 g/mol. The standard InChI is InChI=1S/C18H29NO2/c1-6-9-19-10-11-20-12-13-21-17-8-7-16(14-15(17)2)18(3,4)5/h6-8,14,19H,1,9-13H2,2-5H3. The zero-order chi connectivity index (χ0) is 15.7. The van der Waals surface area contributed by atoms with Crippen LogP contribution in [0.25, 0.3) is 0 Å². The fourth-order valence-corrected chi connectivity index (χ4v) is 1.94. The van der Waals surface area contributed by atoms with E-state index in [-0.39, 0.29) is 5.41 Å². The number of aryl methyl sites for hydroxylation is 1. The van der Waals surface area contributed by atoms with Gasteiger partial charge >= 0.3 is 0 Å². The van der Waals surface area contributed by atoms with E-state index >= 15 is 0 Å². The smallest absolute Gasteiger partial charge is 0.122 e. The van der Waals surface area contributed by atoms with Crippen molar-refractivity contribution in [1.29, 1.82) is 0 Å². The lowest BCUT2D eigenvalue weighted by atomic mass is 9.86. The quantitative estimate of drug-likeness (QED) is 0.558. The van der Waals surface area contributed by atoms with Gasteiger partial charge in [0.15, 0.2) is 0 Å². The van der Waals surface area contributed by atoms with Crippen LogP contribution in [0.15, 0.2) is 30.9 Å². The van der Waals surface area contributed by atoms with Gasteiger partial charge in [0.1, 0.15) is 12.4 Å². The lowest BCUT2D eigenvalue weighted by molar-refractivity contribution is 0.102. The second-order valence-electron chi connectivity index (χ2n) is 6.18. The normalized spacial score (nSPS) is 11.4. The van der Waals surface area contributed by atoms with Gasteiger partial charge in [-0.05, 0) is 29.5 Å². The summed E-state index contributed by atoms with van der Waals surface area (Å²) < 4.78 is 11.3. The molecular weight excluding hydrogens is 262 g/mol. The molecule has 0 spiro atoms. The number of benzene rings is 1. The SMILES string of the molecule is C=CCNCCOCCOc1ccc(C(C)(C)C)cc1C. The van der Waals surface area contributed by atoms with E-state index in [1.165, 1.54) is 11.1 Å². The van der Waals surface area contributed by atoms with E-state index in [4.69, 9.17) is 9.47 Å². The van der Waals surface area contributed by atoms with Gasteiger partial charge in [-0.1, -0.05) is 39.0 Å². The summed E-state index contributed by atoms with van der Waals surface area (Å²) in [5.41, 5.74) is 2.68. The van der Waals surface area contributed by atoms with E-state index in [0.717, 1.165) is 18.8 Å². The van der Waals surface area contributed by atoms with Gasteiger partial charge in [-0.2, -0.15) is 0 Å². The molecule has 0 atom stereocenters. The summed E-state index contributed by atoms with van der Waals surface area (Å²) in [6.45, 7) is 15.9. The molecule has 0 aliphatic rings. The second kappa shape index (κ2) is 8.85. The van der Waals surface area contributed by atoms with Crippen LogP contribution in [-0.4, -0.2) is 32.9 Å². The van der Waals surface area contributed by atoms with E-state index < -0.39 is 0 Å². The van der Waals surface area contributed by atoms with E-state index in [0.29, 0.717) is 19.8 Å². The summed E-state index contributed by atoms with van der Waals surface area (Å²) in [5.74, 6) is 0.941. The average molecular weight is 291 g/mol. The molecule has 0 amide bonds. The Labute approximate surface area is 129 Å². The molecule has 0 aromatic heterocycles. The number of nitrogens with one attached hydrogen (secondary N) is 1. The van der Waals surface area contributed by atoms with Gasteiger partial charge in [0.25, 0.3) is 0 Å². The molecule has 21 heavy (non-hydrogen) atoms. The van der Waals surface area contributed by atoms with Crippen molar-refractivity contribution in [3.63, 3.8) is 0 Å². The van der Waals surface area contributed by atoms with Gasteiger partial charge in [0.2, 0.25) is 0 Å². The molecule has 0 radical (unpaired) electrons. The first-order valence-electron chi connectivity index (χ1n) is 7.58. The Bertz CT molecular complexity index is 435. The first kappa shape index (κ1) is 17.7. The molecule has 1 aromatic rings. The molecule has 0 heterocycles. The van der Waals surface area contributed by atoms with Crippen molar-refractivity contribution in [2.24, 2.45) is 0 Å². The Morgan fingerprint density at radius 3 is 2.57 bits per heavy atom. The Balaban J connectivity index is 2.28. The van der Waals surface area contributed by atoms with Crippen LogP contribution in [0, 0.1) is 6.92 Å². The summed E-state index contributed by atoms with van der Waals surface area (Å²) in [4.78, 5) is 0. The Morgan fingerprint density at radius 1 is 1.19 bits per heavy atom. The summed E-state index contributed by atoms with van der Waals surface area (Å²) in [7, 11) is 0. The van der Waals surface area contributed by atoms with Crippen LogP contribution in [-0.2, 0) is 10.2 Å². The summed E-state index contributed by atoms with van der Waals surface area (Å²) in [5, 5.41) is 3.19. The zero-order valence-corrected chi connectivity index (χ0v) is 13.9. The minimum Gasteiger partial charge on any atom is -0.491 e. The van der Waals surface area contributed by atoms with Gasteiger partial charge in [-0.15, -0.1) is 6.58 Å². The van der Waals surface area contributed by atoms with E-state index in [1.807, 2.05) is 6.08 Å². The molecule has 0 fully saturated rings. The van der Waals surface area contributed by atoms with Gasteiger partial charge in [-0.3, -0.25) is 0 Å². The van der Waals surface area contributed by atoms with Crippen LogP contribution < -0.4 is 10.1 Å². The van der Waals surface area contributed by atoms with Crippen LogP contribution in [0.4, 0.5) is 0 Å². The van der Waals surface area contributed by atoms with Crippen LogP contribution in [0.5, 0.6) is 5.75 Å². The predicted molar refractivity (Wildman–Crippen MR) is 89.3 cm³/mol. The van der Waals surface area contributed by atoms with Gasteiger partial charge in [0, 0.05) is 13.1 Å². The third-order valence-electron chi connectivity index (χ3n) is 3.24. The van der Waals surface area contributed by atoms with Crippen molar-refractivity contribution < 1.29 is 9.47 Å². The zero-order valence-electron chi connectivity index (χ0n) is 13.9. The molecule has 0 bridgehead atoms. The minimum absolute atomic E-state index is 0.171. The van der Waals surface area contributed by atoms with Crippen molar-refractivity contribution >= 4 is 0 Å². The highest BCUT2D eigenvalue weighted by Gasteiger charge is 2.14. The van der Waals surface area contributed by atoms with Crippen molar-refractivity contribution in [3.05, 3.63) is 42.0 Å². The molecule has 0 unspecified atom stereocenters. The largest absolute Gasteiger partial charge is 0.491 e. The number of ether oxygens (including phenoxy) is 2. The Kier molecular flexibility index (Phi) is 7.48. The highest BCUT2D eigenvalue weighted by molar-refractivity contribution is 5.38. The molecule has 0 aliphatic carbocycles. The molecule has 1 N–H and O–H groups in total. The third-order valence-corrected chi connectivity index (χ3v) is 3.24. The highest BCUT2D eigenvalue weighted by atomic mass is 16.5. The number of hydrogen-bond acceptors (Lipinski definition) is 3. The Morgan fingerprint density at radius 2 is 1.95 bits per heavy atom. The molecule has 0 saturated heterocycles. The maximum absolute atomic E-state index is 5.77. The van der Waals surface area contributed by atoms with Crippen LogP contribution >= 0.6 is 0 Å². The number of rotatable bonds is 9. The first-order valence-corrected chi connectivity index (χ1v) is 7.58. The van der Waals surface area contributed by atoms with Crippen molar-refractivity contribution in [1.82, 2.24) is 5.32 Å². The van der Waals surface area contributed by atoms with E-state index in [1.54, 1.807) is 0 Å². The molecule has 1 rings (SSSR count). The maximum atomic E-state index is 5.77.